The summed E-state index contributed by atoms with van der Waals surface area (Å²) in [6.45, 7) is 3.06. The lowest BCUT2D eigenvalue weighted by Crippen LogP contribution is -2.29. The van der Waals surface area contributed by atoms with Crippen LogP contribution in [0.4, 0.5) is 8.78 Å². The molecule has 0 N–H and O–H groups in total. The number of thiophene rings is 1. The van der Waals surface area contributed by atoms with Crippen molar-refractivity contribution >= 4 is 57.6 Å². The van der Waals surface area contributed by atoms with Crippen molar-refractivity contribution in [2.75, 3.05) is 27.2 Å². The summed E-state index contributed by atoms with van der Waals surface area (Å²) in [6.07, 6.45) is 4.21. The topological polar surface area (TPSA) is 49.9 Å². The number of hydrogen-bond acceptors (Lipinski definition) is 7. The van der Waals surface area contributed by atoms with E-state index in [0.29, 0.717) is 40.7 Å². The van der Waals surface area contributed by atoms with Crippen LogP contribution in [0.3, 0.4) is 0 Å². The third kappa shape index (κ3) is 7.93. The average molecular weight is 539 g/mol. The highest BCUT2D eigenvalue weighted by Gasteiger charge is 2.31. The highest BCUT2D eigenvalue weighted by molar-refractivity contribution is 8.26. The van der Waals surface area contributed by atoms with Crippen molar-refractivity contribution in [1.29, 1.82) is 0 Å². The van der Waals surface area contributed by atoms with E-state index in [4.69, 9.17) is 17.0 Å². The van der Waals surface area contributed by atoms with Crippen LogP contribution in [0.1, 0.15) is 37.5 Å². The predicted octanol–water partition coefficient (Wildman–Crippen LogP) is 5.95. The smallest absolute Gasteiger partial charge is 0.306 e. The van der Waals surface area contributed by atoms with Crippen LogP contribution in [0, 0.1) is 11.6 Å². The number of thiocarbonyl (C=S) groups is 1. The summed E-state index contributed by atoms with van der Waals surface area (Å²) in [5.41, 5.74) is 1.33. The Bertz CT molecular complexity index is 1120. The molecule has 0 radical (unpaired) electrons. The Morgan fingerprint density at radius 3 is 2.66 bits per heavy atom. The Balaban J connectivity index is 1.47. The van der Waals surface area contributed by atoms with Gasteiger partial charge in [0.15, 0.2) is 11.6 Å². The van der Waals surface area contributed by atoms with Crippen LogP contribution in [0.15, 0.2) is 34.6 Å². The monoisotopic (exact) mass is 538 g/mol. The molecule has 1 atom stereocenters. The summed E-state index contributed by atoms with van der Waals surface area (Å²) in [7, 11) is 3.86. The number of unbranched alkanes of at least 4 members (excludes halogenated alkanes) is 2. The summed E-state index contributed by atoms with van der Waals surface area (Å²) in [5, 5.41) is 1.84. The fourth-order valence-corrected chi connectivity index (χ4v) is 5.85. The zero-order chi connectivity index (χ0) is 25.5. The molecular weight excluding hydrogens is 510 g/mol. The number of carbonyl (C=O) groups is 2. The van der Waals surface area contributed by atoms with Gasteiger partial charge in [-0.25, -0.2) is 8.78 Å². The molecule has 1 unspecified atom stereocenters. The number of likely N-dealkylation sites (N-methyl/N-ethyl adjacent to an activating group) is 1. The number of nitrogens with zero attached hydrogens (tertiary/aromatic N) is 2. The lowest BCUT2D eigenvalue weighted by molar-refractivity contribution is -0.148. The van der Waals surface area contributed by atoms with Crippen molar-refractivity contribution in [3.8, 4) is 11.1 Å². The fourth-order valence-electron chi connectivity index (χ4n) is 3.63. The minimum atomic E-state index is -0.896. The van der Waals surface area contributed by atoms with Gasteiger partial charge in [0.1, 0.15) is 10.4 Å². The van der Waals surface area contributed by atoms with Crippen molar-refractivity contribution in [2.24, 2.45) is 0 Å². The number of hydrogen-bond donors (Lipinski definition) is 0. The molecule has 0 spiro atoms. The largest absolute Gasteiger partial charge is 0.461 e. The second-order valence-corrected chi connectivity index (χ2v) is 11.2. The second-order valence-electron chi connectivity index (χ2n) is 8.57. The first-order valence-corrected chi connectivity index (χ1v) is 13.4. The summed E-state index contributed by atoms with van der Waals surface area (Å²) < 4.78 is 32.6. The van der Waals surface area contributed by atoms with E-state index in [1.54, 1.807) is 11.0 Å². The molecule has 188 valence electrons. The maximum atomic E-state index is 13.5. The molecule has 1 aliphatic heterocycles. The van der Waals surface area contributed by atoms with Crippen LogP contribution in [0.2, 0.25) is 0 Å². The summed E-state index contributed by atoms with van der Waals surface area (Å²) in [6, 6.07) is 5.61. The van der Waals surface area contributed by atoms with Crippen LogP contribution < -0.4 is 0 Å². The fraction of sp³-hybridized carbons (Fsp3) is 0.400. The number of carbonyl (C=O) groups excluding carboxylic acids is 2. The first kappa shape index (κ1) is 27.4. The lowest BCUT2D eigenvalue weighted by Gasteiger charge is -2.17. The maximum absolute atomic E-state index is 13.5. The van der Waals surface area contributed by atoms with Gasteiger partial charge in [-0.2, -0.15) is 0 Å². The van der Waals surface area contributed by atoms with Crippen LogP contribution >= 0.6 is 35.3 Å². The molecule has 1 amide bonds. The molecule has 35 heavy (non-hydrogen) atoms. The van der Waals surface area contributed by atoms with Gasteiger partial charge >= 0.3 is 5.97 Å². The third-order valence-electron chi connectivity index (χ3n) is 5.24. The SMILES string of the molecule is CC(CN(C)C)OC(=O)CCCCCN1C(=O)C(=Cc2cc(-c3ccc(F)c(F)c3)cs2)SC1=S. The van der Waals surface area contributed by atoms with E-state index in [1.807, 2.05) is 37.4 Å². The molecule has 5 nitrogen and oxygen atoms in total. The van der Waals surface area contributed by atoms with Crippen LogP contribution in [0.5, 0.6) is 0 Å². The van der Waals surface area contributed by atoms with E-state index in [9.17, 15) is 18.4 Å². The summed E-state index contributed by atoms with van der Waals surface area (Å²) >= 11 is 8.06. The molecule has 1 aliphatic rings. The van der Waals surface area contributed by atoms with Crippen LogP contribution in [-0.4, -0.2) is 59.3 Å². The van der Waals surface area contributed by atoms with Gasteiger partial charge in [-0.3, -0.25) is 14.5 Å². The molecule has 2 aromatic rings. The van der Waals surface area contributed by atoms with E-state index >= 15 is 0 Å². The number of thioether (sulfide) groups is 1. The van der Waals surface area contributed by atoms with Crippen molar-refractivity contribution in [3.63, 3.8) is 0 Å². The predicted molar refractivity (Wildman–Crippen MR) is 142 cm³/mol. The minimum absolute atomic E-state index is 0.139. The van der Waals surface area contributed by atoms with E-state index in [0.717, 1.165) is 35.4 Å². The van der Waals surface area contributed by atoms with Gasteiger partial charge < -0.3 is 9.64 Å². The van der Waals surface area contributed by atoms with Gasteiger partial charge in [0.25, 0.3) is 5.91 Å². The maximum Gasteiger partial charge on any atom is 0.306 e. The Morgan fingerprint density at radius 2 is 1.94 bits per heavy atom. The Kier molecular flexibility index (Phi) is 9.97. The number of halogens is 2. The molecule has 3 rings (SSSR count). The molecular formula is C25H28F2N2O3S3. The molecule has 1 aromatic heterocycles. The Hall–Kier alpha value is -2.14. The molecule has 0 bridgehead atoms. The Morgan fingerprint density at radius 1 is 1.17 bits per heavy atom. The summed E-state index contributed by atoms with van der Waals surface area (Å²) in [5.74, 6) is -2.12. The van der Waals surface area contributed by atoms with Gasteiger partial charge in [-0.15, -0.1) is 11.3 Å². The quantitative estimate of drug-likeness (QED) is 0.153. The van der Waals surface area contributed by atoms with Gasteiger partial charge in [0, 0.05) is 24.4 Å². The lowest BCUT2D eigenvalue weighted by atomic mass is 10.1. The number of rotatable bonds is 11. The second kappa shape index (κ2) is 12.7. The van der Waals surface area contributed by atoms with Gasteiger partial charge in [0.05, 0.1) is 4.91 Å². The van der Waals surface area contributed by atoms with Crippen LogP contribution in [0.25, 0.3) is 17.2 Å². The van der Waals surface area contributed by atoms with Crippen LogP contribution in [-0.2, 0) is 14.3 Å². The zero-order valence-electron chi connectivity index (χ0n) is 19.9. The van der Waals surface area contributed by atoms with E-state index in [-0.39, 0.29) is 18.0 Å². The molecule has 1 aromatic carbocycles. The number of ether oxygens (including phenoxy) is 1. The van der Waals surface area contributed by atoms with E-state index in [2.05, 4.69) is 0 Å². The normalized spacial score (nSPS) is 15.9. The van der Waals surface area contributed by atoms with Crippen molar-refractivity contribution in [2.45, 2.75) is 38.7 Å². The standard InChI is InChI=1S/C25H28F2N2O3S3/c1-16(14-28(2)3)32-23(30)7-5-4-6-10-29-24(31)22(35-25(29)33)13-19-11-18(15-34-19)17-8-9-20(26)21(27)12-17/h8-9,11-13,15-16H,4-7,10,14H2,1-3H3. The van der Waals surface area contributed by atoms with Crippen molar-refractivity contribution < 1.29 is 23.1 Å². The number of amides is 1. The summed E-state index contributed by atoms with van der Waals surface area (Å²) in [4.78, 5) is 29.7. The third-order valence-corrected chi connectivity index (χ3v) is 7.49. The van der Waals surface area contributed by atoms with E-state index < -0.39 is 11.6 Å². The first-order chi connectivity index (χ1) is 16.6. The molecule has 2 heterocycles. The number of esters is 1. The zero-order valence-corrected chi connectivity index (χ0v) is 22.3. The van der Waals surface area contributed by atoms with Gasteiger partial charge in [-0.05, 0) is 74.6 Å². The average Bonchev–Trinajstić information content (AvgIpc) is 3.34. The molecule has 0 aliphatic carbocycles. The van der Waals surface area contributed by atoms with Crippen molar-refractivity contribution in [1.82, 2.24) is 9.80 Å². The Labute approximate surface area is 218 Å². The number of benzene rings is 1. The molecule has 1 saturated heterocycles. The first-order valence-electron chi connectivity index (χ1n) is 11.3. The molecule has 0 saturated carbocycles. The van der Waals surface area contributed by atoms with Gasteiger partial charge in [-0.1, -0.05) is 36.5 Å². The highest BCUT2D eigenvalue weighted by atomic mass is 32.2. The van der Waals surface area contributed by atoms with Crippen molar-refractivity contribution in [3.05, 3.63) is 51.1 Å². The molecule has 1 fully saturated rings. The van der Waals surface area contributed by atoms with Gasteiger partial charge in [0.2, 0.25) is 0 Å². The highest BCUT2D eigenvalue weighted by Crippen LogP contribution is 2.35. The minimum Gasteiger partial charge on any atom is -0.461 e. The van der Waals surface area contributed by atoms with E-state index in [1.165, 1.54) is 29.2 Å². The molecule has 10 heteroatoms.